The molecule has 0 bridgehead atoms. The average molecular weight is 228 g/mol. The fourth-order valence-electron chi connectivity index (χ4n) is 1.36. The smallest absolute Gasteiger partial charge is 0.338 e. The monoisotopic (exact) mass is 227 g/mol. The lowest BCUT2D eigenvalue weighted by molar-refractivity contribution is 0.0700. The molecule has 0 fully saturated rings. The number of carboxylic acids is 1. The van der Waals surface area contributed by atoms with Crippen molar-refractivity contribution in [2.24, 2.45) is 0 Å². The van der Waals surface area contributed by atoms with Gasteiger partial charge < -0.3 is 10.8 Å². The number of fused-ring (bicyclic) bond motifs is 1. The maximum Gasteiger partial charge on any atom is 0.338 e. The van der Waals surface area contributed by atoms with Gasteiger partial charge in [-0.2, -0.15) is 0 Å². The van der Waals surface area contributed by atoms with Crippen molar-refractivity contribution in [1.29, 1.82) is 0 Å². The second-order valence-corrected chi connectivity index (χ2v) is 4.11. The number of anilines is 1. The Morgan fingerprint density at radius 3 is 2.93 bits per heavy atom. The minimum absolute atomic E-state index is 0.130. The van der Waals surface area contributed by atoms with Gasteiger partial charge in [0.2, 0.25) is 0 Å². The molecule has 0 aliphatic heterocycles. The third kappa shape index (κ3) is 1.23. The molecular weight excluding hydrogens is 222 g/mol. The number of carboxylic acid groups (broad SMARTS) is 1. The lowest BCUT2D eigenvalue weighted by Gasteiger charge is -2.03. The molecule has 1 aromatic carbocycles. The average Bonchev–Trinajstić information content (AvgIpc) is 2.51. The Kier molecular flexibility index (Phi) is 2.09. The van der Waals surface area contributed by atoms with E-state index in [1.807, 2.05) is 0 Å². The predicted molar refractivity (Wildman–Crippen MR) is 58.2 cm³/mol. The number of benzene rings is 1. The van der Waals surface area contributed by atoms with Gasteiger partial charge in [0.25, 0.3) is 0 Å². The fourth-order valence-corrected chi connectivity index (χ4v) is 2.52. The normalized spacial score (nSPS) is 10.6. The summed E-state index contributed by atoms with van der Waals surface area (Å²) < 4.78 is 0.762. The van der Waals surface area contributed by atoms with Crippen molar-refractivity contribution in [3.63, 3.8) is 0 Å². The van der Waals surface area contributed by atoms with Crippen LogP contribution in [0.25, 0.3) is 10.1 Å². The zero-order valence-electron chi connectivity index (χ0n) is 6.95. The Morgan fingerprint density at radius 2 is 2.29 bits per heavy atom. The van der Waals surface area contributed by atoms with Crippen LogP contribution in [-0.4, -0.2) is 11.1 Å². The molecule has 0 amide bonds. The van der Waals surface area contributed by atoms with Crippen LogP contribution in [0.15, 0.2) is 17.5 Å². The molecule has 14 heavy (non-hydrogen) atoms. The lowest BCUT2D eigenvalue weighted by Crippen LogP contribution is -2.02. The number of carbonyl (C=O) groups is 1. The van der Waals surface area contributed by atoms with E-state index in [4.69, 9.17) is 22.4 Å². The maximum atomic E-state index is 10.9. The molecule has 1 aromatic heterocycles. The van der Waals surface area contributed by atoms with Gasteiger partial charge in [0.05, 0.1) is 15.3 Å². The Hall–Kier alpha value is -1.26. The predicted octanol–water partition coefficient (Wildman–Crippen LogP) is 2.84. The molecule has 72 valence electrons. The quantitative estimate of drug-likeness (QED) is 0.737. The molecule has 0 atom stereocenters. The number of aromatic carboxylic acids is 1. The highest BCUT2D eigenvalue weighted by Crippen LogP contribution is 2.34. The summed E-state index contributed by atoms with van der Waals surface area (Å²) in [7, 11) is 0. The van der Waals surface area contributed by atoms with E-state index in [0.717, 1.165) is 4.70 Å². The SMILES string of the molecule is Nc1cc(Cl)c2sccc2c1C(=O)O. The third-order valence-electron chi connectivity index (χ3n) is 1.94. The highest BCUT2D eigenvalue weighted by Gasteiger charge is 2.15. The molecule has 0 radical (unpaired) electrons. The maximum absolute atomic E-state index is 10.9. The highest BCUT2D eigenvalue weighted by atomic mass is 35.5. The molecule has 2 rings (SSSR count). The first-order chi connectivity index (χ1) is 6.61. The van der Waals surface area contributed by atoms with Crippen molar-refractivity contribution >= 4 is 44.7 Å². The van der Waals surface area contributed by atoms with Crippen LogP contribution in [0.3, 0.4) is 0 Å². The van der Waals surface area contributed by atoms with E-state index >= 15 is 0 Å². The number of hydrogen-bond donors (Lipinski definition) is 2. The number of hydrogen-bond acceptors (Lipinski definition) is 3. The minimum atomic E-state index is -1.03. The van der Waals surface area contributed by atoms with Crippen LogP contribution in [0.1, 0.15) is 10.4 Å². The molecule has 3 nitrogen and oxygen atoms in total. The third-order valence-corrected chi connectivity index (χ3v) is 3.29. The summed E-state index contributed by atoms with van der Waals surface area (Å²) in [5, 5.41) is 11.9. The Balaban J connectivity index is 2.93. The molecular formula is C9H6ClNO2S. The zero-order chi connectivity index (χ0) is 10.3. The molecule has 3 N–H and O–H groups in total. The highest BCUT2D eigenvalue weighted by molar-refractivity contribution is 7.18. The Morgan fingerprint density at radius 1 is 1.57 bits per heavy atom. The lowest BCUT2D eigenvalue weighted by atomic mass is 10.1. The van der Waals surface area contributed by atoms with Gasteiger partial charge in [-0.15, -0.1) is 11.3 Å². The van der Waals surface area contributed by atoms with Crippen molar-refractivity contribution in [3.8, 4) is 0 Å². The van der Waals surface area contributed by atoms with Gasteiger partial charge in [0.15, 0.2) is 0 Å². The van der Waals surface area contributed by atoms with Crippen molar-refractivity contribution in [2.75, 3.05) is 5.73 Å². The van der Waals surface area contributed by atoms with Gasteiger partial charge in [-0.25, -0.2) is 4.79 Å². The van der Waals surface area contributed by atoms with Crippen LogP contribution >= 0.6 is 22.9 Å². The van der Waals surface area contributed by atoms with E-state index in [1.54, 1.807) is 11.4 Å². The van der Waals surface area contributed by atoms with E-state index in [9.17, 15) is 4.79 Å². The summed E-state index contributed by atoms with van der Waals surface area (Å²) in [5.41, 5.74) is 5.92. The minimum Gasteiger partial charge on any atom is -0.478 e. The fraction of sp³-hybridized carbons (Fsp3) is 0. The Labute approximate surface area is 88.7 Å². The molecule has 0 spiro atoms. The van der Waals surface area contributed by atoms with E-state index in [1.165, 1.54) is 17.4 Å². The number of nitrogens with two attached hydrogens (primary N) is 1. The summed E-state index contributed by atoms with van der Waals surface area (Å²) in [5.74, 6) is -1.03. The Bertz CT molecular complexity index is 521. The van der Waals surface area contributed by atoms with Crippen molar-refractivity contribution in [3.05, 3.63) is 28.1 Å². The first-order valence-electron chi connectivity index (χ1n) is 3.79. The van der Waals surface area contributed by atoms with Gasteiger partial charge in [-0.05, 0) is 17.5 Å². The molecule has 0 saturated heterocycles. The second kappa shape index (κ2) is 3.15. The molecule has 0 aliphatic rings. The van der Waals surface area contributed by atoms with Crippen molar-refractivity contribution in [2.45, 2.75) is 0 Å². The van der Waals surface area contributed by atoms with E-state index in [-0.39, 0.29) is 11.3 Å². The standard InChI is InChI=1S/C9H6ClNO2S/c10-5-3-6(11)7(9(12)13)4-1-2-14-8(4)5/h1-3H,11H2,(H,12,13). The van der Waals surface area contributed by atoms with Crippen molar-refractivity contribution in [1.82, 2.24) is 0 Å². The molecule has 0 aliphatic carbocycles. The molecule has 0 saturated carbocycles. The summed E-state index contributed by atoms with van der Waals surface area (Å²) in [6, 6.07) is 3.19. The molecule has 1 heterocycles. The second-order valence-electron chi connectivity index (χ2n) is 2.79. The number of nitrogen functional groups attached to an aromatic ring is 1. The summed E-state index contributed by atoms with van der Waals surface area (Å²) >= 11 is 7.32. The molecule has 5 heteroatoms. The van der Waals surface area contributed by atoms with Crippen LogP contribution in [-0.2, 0) is 0 Å². The van der Waals surface area contributed by atoms with Crippen LogP contribution in [0.2, 0.25) is 5.02 Å². The van der Waals surface area contributed by atoms with Gasteiger partial charge in [0.1, 0.15) is 0 Å². The van der Waals surface area contributed by atoms with Crippen LogP contribution < -0.4 is 5.73 Å². The molecule has 0 unspecified atom stereocenters. The van der Waals surface area contributed by atoms with Crippen LogP contribution in [0, 0.1) is 0 Å². The first kappa shape index (κ1) is 9.30. The van der Waals surface area contributed by atoms with E-state index in [2.05, 4.69) is 0 Å². The topological polar surface area (TPSA) is 63.3 Å². The zero-order valence-corrected chi connectivity index (χ0v) is 8.52. The molecule has 2 aromatic rings. The number of halogens is 1. The van der Waals surface area contributed by atoms with Crippen LogP contribution in [0.5, 0.6) is 0 Å². The number of rotatable bonds is 1. The summed E-state index contributed by atoms with van der Waals surface area (Å²) in [6.07, 6.45) is 0. The van der Waals surface area contributed by atoms with Crippen molar-refractivity contribution < 1.29 is 9.90 Å². The first-order valence-corrected chi connectivity index (χ1v) is 5.05. The van der Waals surface area contributed by atoms with Crippen LogP contribution in [0.4, 0.5) is 5.69 Å². The summed E-state index contributed by atoms with van der Waals surface area (Å²) in [4.78, 5) is 10.9. The van der Waals surface area contributed by atoms with Gasteiger partial charge >= 0.3 is 5.97 Å². The van der Waals surface area contributed by atoms with Gasteiger partial charge in [0, 0.05) is 11.1 Å². The summed E-state index contributed by atoms with van der Waals surface area (Å²) in [6.45, 7) is 0. The van der Waals surface area contributed by atoms with E-state index < -0.39 is 5.97 Å². The van der Waals surface area contributed by atoms with Gasteiger partial charge in [-0.3, -0.25) is 0 Å². The van der Waals surface area contributed by atoms with Gasteiger partial charge in [-0.1, -0.05) is 11.6 Å². The van der Waals surface area contributed by atoms with E-state index in [0.29, 0.717) is 10.4 Å². The largest absolute Gasteiger partial charge is 0.478 e. The number of thiophene rings is 1.